The number of thiol groups is 1. The Balaban J connectivity index is 2.37. The van der Waals surface area contributed by atoms with Gasteiger partial charge in [-0.15, -0.1) is 0 Å². The molecule has 2 rings (SSSR count). The molecule has 1 fully saturated rings. The fourth-order valence-electron chi connectivity index (χ4n) is 1.44. The van der Waals surface area contributed by atoms with Gasteiger partial charge in [0.25, 0.3) is 5.56 Å². The Morgan fingerprint density at radius 2 is 2.33 bits per heavy atom. The molecule has 7 heteroatoms. The summed E-state index contributed by atoms with van der Waals surface area (Å²) in [6.07, 6.45) is 0.347. The Kier molecular flexibility index (Phi) is 2.70. The van der Waals surface area contributed by atoms with Crippen LogP contribution < -0.4 is 10.5 Å². The first-order valence-electron chi connectivity index (χ1n) is 4.31. The summed E-state index contributed by atoms with van der Waals surface area (Å²) in [6, 6.07) is 1.16. The van der Waals surface area contributed by atoms with Crippen molar-refractivity contribution in [1.29, 1.82) is 0 Å². The van der Waals surface area contributed by atoms with Crippen LogP contribution in [0.15, 0.2) is 10.9 Å². The smallest absolute Gasteiger partial charge is 0.253 e. The number of carbonyl (C=O) groups excluding carboxylic acids is 1. The number of aromatic nitrogens is 2. The summed E-state index contributed by atoms with van der Waals surface area (Å²) >= 11 is 9.82. The molecule has 0 aliphatic carbocycles. The van der Waals surface area contributed by atoms with Crippen LogP contribution in [-0.4, -0.2) is 27.7 Å². The lowest BCUT2D eigenvalue weighted by atomic mass is 10.4. The second-order valence-corrected chi connectivity index (χ2v) is 4.37. The third kappa shape index (κ3) is 2.15. The Morgan fingerprint density at radius 3 is 2.87 bits per heavy atom. The van der Waals surface area contributed by atoms with Gasteiger partial charge in [-0.3, -0.25) is 19.5 Å². The van der Waals surface area contributed by atoms with Crippen LogP contribution >= 0.6 is 24.2 Å². The molecule has 0 saturated carbocycles. The minimum absolute atomic E-state index is 0.0261. The fraction of sp³-hybridized carbons (Fsp3) is 0.375. The number of H-pyrrole nitrogens is 1. The molecular formula is C8H8ClN3O2S. The van der Waals surface area contributed by atoms with Crippen molar-refractivity contribution in [3.8, 4) is 0 Å². The quantitative estimate of drug-likeness (QED) is 0.558. The molecule has 15 heavy (non-hydrogen) atoms. The van der Waals surface area contributed by atoms with Crippen LogP contribution in [0.25, 0.3) is 0 Å². The molecule has 1 aliphatic heterocycles. The summed E-state index contributed by atoms with van der Waals surface area (Å²) < 4.78 is 0. The maximum Gasteiger partial charge on any atom is 0.253 e. The minimum Gasteiger partial charge on any atom is -0.292 e. The van der Waals surface area contributed by atoms with Gasteiger partial charge in [-0.25, -0.2) is 4.98 Å². The molecule has 1 atom stereocenters. The van der Waals surface area contributed by atoms with Crippen LogP contribution in [-0.2, 0) is 4.79 Å². The zero-order valence-corrected chi connectivity index (χ0v) is 9.26. The van der Waals surface area contributed by atoms with Crippen LogP contribution in [0.2, 0.25) is 5.15 Å². The number of carbonyl (C=O) groups is 1. The number of rotatable bonds is 1. The van der Waals surface area contributed by atoms with Gasteiger partial charge in [0.1, 0.15) is 5.15 Å². The largest absolute Gasteiger partial charge is 0.292 e. The Labute approximate surface area is 95.9 Å². The van der Waals surface area contributed by atoms with E-state index in [1.165, 1.54) is 4.90 Å². The number of hydrogen-bond acceptors (Lipinski definition) is 4. The number of nitrogens with zero attached hydrogens (tertiary/aromatic N) is 2. The predicted molar refractivity (Wildman–Crippen MR) is 59.6 cm³/mol. The molecule has 1 aliphatic rings. The van der Waals surface area contributed by atoms with Crippen molar-refractivity contribution in [3.63, 3.8) is 0 Å². The molecule has 1 amide bonds. The molecule has 1 saturated heterocycles. The van der Waals surface area contributed by atoms with Crippen molar-refractivity contribution in [1.82, 2.24) is 9.97 Å². The lowest BCUT2D eigenvalue weighted by molar-refractivity contribution is -0.117. The maximum atomic E-state index is 11.5. The van der Waals surface area contributed by atoms with Crippen LogP contribution in [0.3, 0.4) is 0 Å². The second-order valence-electron chi connectivity index (χ2n) is 3.25. The van der Waals surface area contributed by atoms with E-state index in [0.29, 0.717) is 13.0 Å². The molecule has 0 bridgehead atoms. The third-order valence-electron chi connectivity index (χ3n) is 2.06. The van der Waals surface area contributed by atoms with E-state index >= 15 is 0 Å². The summed E-state index contributed by atoms with van der Waals surface area (Å²) in [5, 5.41) is 0.0472. The molecule has 0 aromatic carbocycles. The van der Waals surface area contributed by atoms with Crippen LogP contribution in [0, 0.1) is 0 Å². The van der Waals surface area contributed by atoms with E-state index in [9.17, 15) is 9.59 Å². The summed E-state index contributed by atoms with van der Waals surface area (Å²) in [6.45, 7) is 0.436. The Bertz CT molecular complexity index is 461. The van der Waals surface area contributed by atoms with Crippen LogP contribution in [0.1, 0.15) is 6.42 Å². The van der Waals surface area contributed by atoms with E-state index in [4.69, 9.17) is 11.6 Å². The van der Waals surface area contributed by atoms with Gasteiger partial charge in [-0.05, 0) is 0 Å². The molecule has 2 heterocycles. The average molecular weight is 246 g/mol. The highest BCUT2D eigenvalue weighted by atomic mass is 35.5. The highest BCUT2D eigenvalue weighted by molar-refractivity contribution is 7.81. The van der Waals surface area contributed by atoms with Gasteiger partial charge in [-0.1, -0.05) is 11.6 Å². The monoisotopic (exact) mass is 245 g/mol. The number of amides is 1. The van der Waals surface area contributed by atoms with Gasteiger partial charge < -0.3 is 0 Å². The standard InChI is InChI=1S/C8H8ClN3O2S/c9-5-2-6(13)11-8(10-5)12-3-4(15)1-7(12)14/h2,4,15H,1,3H2,(H,10,11,13). The molecule has 80 valence electrons. The number of hydrogen-bond donors (Lipinski definition) is 2. The lowest BCUT2D eigenvalue weighted by Gasteiger charge is -2.13. The van der Waals surface area contributed by atoms with Gasteiger partial charge in [-0.2, -0.15) is 12.6 Å². The summed E-state index contributed by atoms with van der Waals surface area (Å²) in [7, 11) is 0. The Morgan fingerprint density at radius 1 is 1.60 bits per heavy atom. The molecule has 5 nitrogen and oxygen atoms in total. The highest BCUT2D eigenvalue weighted by Crippen LogP contribution is 2.20. The van der Waals surface area contributed by atoms with E-state index in [2.05, 4.69) is 22.6 Å². The lowest BCUT2D eigenvalue weighted by Crippen LogP contribution is -2.28. The molecule has 1 aromatic rings. The van der Waals surface area contributed by atoms with E-state index < -0.39 is 0 Å². The van der Waals surface area contributed by atoms with Crippen molar-refractivity contribution in [2.45, 2.75) is 11.7 Å². The zero-order chi connectivity index (χ0) is 11.0. The number of anilines is 1. The Hall–Kier alpha value is -1.01. The number of aromatic amines is 1. The van der Waals surface area contributed by atoms with Crippen LogP contribution in [0.4, 0.5) is 5.95 Å². The second kappa shape index (κ2) is 3.86. The minimum atomic E-state index is -0.375. The molecule has 1 aromatic heterocycles. The summed E-state index contributed by atoms with van der Waals surface area (Å²) in [5.41, 5.74) is -0.375. The highest BCUT2D eigenvalue weighted by Gasteiger charge is 2.29. The SMILES string of the molecule is O=C1CC(S)CN1c1nc(Cl)cc(=O)[nH]1. The summed E-state index contributed by atoms with van der Waals surface area (Å²) in [4.78, 5) is 30.3. The van der Waals surface area contributed by atoms with Crippen molar-refractivity contribution < 1.29 is 4.79 Å². The molecule has 1 N–H and O–H groups in total. The number of nitrogens with one attached hydrogen (secondary N) is 1. The van der Waals surface area contributed by atoms with Crippen LogP contribution in [0.5, 0.6) is 0 Å². The summed E-state index contributed by atoms with van der Waals surface area (Å²) in [5.74, 6) is 0.0782. The van der Waals surface area contributed by atoms with Crippen molar-refractivity contribution >= 4 is 36.1 Å². The first-order chi connectivity index (χ1) is 7.06. The fourth-order valence-corrected chi connectivity index (χ4v) is 1.94. The topological polar surface area (TPSA) is 66.1 Å². The van der Waals surface area contributed by atoms with Gasteiger partial charge >= 0.3 is 0 Å². The number of halogens is 1. The first-order valence-corrected chi connectivity index (χ1v) is 5.21. The van der Waals surface area contributed by atoms with E-state index in [-0.39, 0.29) is 27.8 Å². The van der Waals surface area contributed by atoms with E-state index in [0.717, 1.165) is 6.07 Å². The predicted octanol–water partition coefficient (Wildman–Crippen LogP) is 0.458. The maximum absolute atomic E-state index is 11.5. The molecule has 0 radical (unpaired) electrons. The molecule has 0 spiro atoms. The first kappa shape index (κ1) is 10.5. The zero-order valence-electron chi connectivity index (χ0n) is 7.61. The third-order valence-corrected chi connectivity index (χ3v) is 2.60. The van der Waals surface area contributed by atoms with Gasteiger partial charge in [0.05, 0.1) is 0 Å². The van der Waals surface area contributed by atoms with Gasteiger partial charge in [0, 0.05) is 24.3 Å². The molecular weight excluding hydrogens is 238 g/mol. The molecule has 1 unspecified atom stereocenters. The normalized spacial score (nSPS) is 21.1. The van der Waals surface area contributed by atoms with Crippen molar-refractivity contribution in [3.05, 3.63) is 21.6 Å². The van der Waals surface area contributed by atoms with E-state index in [1.54, 1.807) is 0 Å². The van der Waals surface area contributed by atoms with E-state index in [1.807, 2.05) is 0 Å². The van der Waals surface area contributed by atoms with Crippen molar-refractivity contribution in [2.75, 3.05) is 11.4 Å². The average Bonchev–Trinajstić information content (AvgIpc) is 2.43. The van der Waals surface area contributed by atoms with Gasteiger partial charge in [0.15, 0.2) is 0 Å². The van der Waals surface area contributed by atoms with Gasteiger partial charge in [0.2, 0.25) is 11.9 Å². The van der Waals surface area contributed by atoms with Crippen molar-refractivity contribution in [2.24, 2.45) is 0 Å².